The summed E-state index contributed by atoms with van der Waals surface area (Å²) in [5, 5.41) is 0. The van der Waals surface area contributed by atoms with Gasteiger partial charge < -0.3 is 32.1 Å². The lowest BCUT2D eigenvalue weighted by atomic mass is 10.4. The van der Waals surface area contributed by atoms with E-state index in [0.29, 0.717) is 23.5 Å². The number of nitrogens with two attached hydrogens (primary N) is 1. The standard InChI is InChI=1S/C9H13BN5O3P/c1-6(18-5-19(10,16)17)2-15-4-14-7-8(11)12-3-13-9(7)15/h3-4,6H,2,5H2,1H3,(H,16,17)(H2,11,12,13)/q-1/t6-/m1/s1. The minimum atomic E-state index is -3.66. The van der Waals surface area contributed by atoms with Crippen molar-refractivity contribution in [3.05, 3.63) is 12.7 Å². The number of hydrogen-bond acceptors (Lipinski definition) is 6. The Kier molecular flexibility index (Phi) is 3.89. The Morgan fingerprint density at radius 3 is 3.00 bits per heavy atom. The van der Waals surface area contributed by atoms with Crippen molar-refractivity contribution in [2.24, 2.45) is 0 Å². The second kappa shape index (κ2) is 5.28. The summed E-state index contributed by atoms with van der Waals surface area (Å²) >= 11 is 0. The highest BCUT2D eigenvalue weighted by Crippen LogP contribution is 2.33. The Bertz CT molecular complexity index is 627. The average molecular weight is 281 g/mol. The molecule has 0 aliphatic heterocycles. The van der Waals surface area contributed by atoms with Gasteiger partial charge in [-0.3, -0.25) is 0 Å². The molecule has 0 aliphatic rings. The van der Waals surface area contributed by atoms with Crippen molar-refractivity contribution in [2.45, 2.75) is 19.6 Å². The van der Waals surface area contributed by atoms with E-state index < -0.39 is 13.6 Å². The van der Waals surface area contributed by atoms with Gasteiger partial charge in [0.05, 0.1) is 25.3 Å². The summed E-state index contributed by atoms with van der Waals surface area (Å²) in [7, 11) is 1.34. The van der Waals surface area contributed by atoms with E-state index >= 15 is 0 Å². The normalized spacial score (nSPS) is 16.4. The Morgan fingerprint density at radius 1 is 1.58 bits per heavy atom. The molecule has 0 saturated heterocycles. The number of anilines is 1. The Morgan fingerprint density at radius 2 is 2.32 bits per heavy atom. The van der Waals surface area contributed by atoms with Crippen LogP contribution in [0.25, 0.3) is 11.2 Å². The largest absolute Gasteiger partial charge is 0.481 e. The quantitative estimate of drug-likeness (QED) is 0.590. The highest BCUT2D eigenvalue weighted by Gasteiger charge is 2.11. The van der Waals surface area contributed by atoms with Gasteiger partial charge in [-0.15, -0.1) is 0 Å². The molecule has 0 spiro atoms. The van der Waals surface area contributed by atoms with E-state index in [1.807, 2.05) is 0 Å². The molecular formula is C9H13BN5O3P-. The molecule has 2 heterocycles. The lowest BCUT2D eigenvalue weighted by Gasteiger charge is -2.21. The number of nitrogens with zero attached hydrogens (tertiary/aromatic N) is 4. The topological polar surface area (TPSA) is 116 Å². The van der Waals surface area contributed by atoms with Crippen molar-refractivity contribution in [3.63, 3.8) is 0 Å². The lowest BCUT2D eigenvalue weighted by Crippen LogP contribution is -2.17. The predicted molar refractivity (Wildman–Crippen MR) is 70.7 cm³/mol. The molecule has 0 amide bonds. The monoisotopic (exact) mass is 281 g/mol. The van der Waals surface area contributed by atoms with E-state index in [2.05, 4.69) is 15.0 Å². The van der Waals surface area contributed by atoms with Crippen LogP contribution < -0.4 is 5.73 Å². The molecule has 0 saturated carbocycles. The van der Waals surface area contributed by atoms with Gasteiger partial charge >= 0.3 is 0 Å². The van der Waals surface area contributed by atoms with Gasteiger partial charge in [0, 0.05) is 0 Å². The minimum Gasteiger partial charge on any atom is -0.481 e. The summed E-state index contributed by atoms with van der Waals surface area (Å²) in [5.41, 5.74) is 6.77. The highest BCUT2D eigenvalue weighted by atomic mass is 31.2. The van der Waals surface area contributed by atoms with Crippen molar-refractivity contribution in [2.75, 3.05) is 12.1 Å². The van der Waals surface area contributed by atoms with Gasteiger partial charge in [-0.2, -0.15) is 0 Å². The maximum absolute atomic E-state index is 10.9. The number of hydrogen-bond donors (Lipinski definition) is 2. The molecule has 8 nitrogen and oxygen atoms in total. The van der Waals surface area contributed by atoms with E-state index in [1.165, 1.54) is 6.33 Å². The first kappa shape index (κ1) is 14.0. The number of ether oxygens (including phenoxy) is 1. The second-order valence-corrected chi connectivity index (χ2v) is 5.96. The molecule has 10 heteroatoms. The fourth-order valence-electron chi connectivity index (χ4n) is 1.60. The van der Waals surface area contributed by atoms with Crippen LogP contribution in [0.5, 0.6) is 0 Å². The SMILES string of the molecule is [B-]P(=O)(O)CO[C@H](C)Cn1cnc2c(N)ncnc21. The molecule has 1 unspecified atom stereocenters. The van der Waals surface area contributed by atoms with Crippen LogP contribution in [0, 0.1) is 0 Å². The summed E-state index contributed by atoms with van der Waals surface area (Å²) in [6, 6.07) is 0. The van der Waals surface area contributed by atoms with Crippen LogP contribution in [-0.4, -0.2) is 44.4 Å². The summed E-state index contributed by atoms with van der Waals surface area (Å²) in [6.45, 7) is 2.17. The van der Waals surface area contributed by atoms with Crippen molar-refractivity contribution in [1.29, 1.82) is 0 Å². The summed E-state index contributed by atoms with van der Waals surface area (Å²) in [5.74, 6) is 0.305. The molecule has 0 aliphatic carbocycles. The van der Waals surface area contributed by atoms with Crippen molar-refractivity contribution < 1.29 is 14.2 Å². The van der Waals surface area contributed by atoms with Crippen molar-refractivity contribution in [1.82, 2.24) is 19.5 Å². The average Bonchev–Trinajstić information content (AvgIpc) is 2.71. The third kappa shape index (κ3) is 3.53. The Balaban J connectivity index is 2.09. The van der Waals surface area contributed by atoms with Gasteiger partial charge in [0.25, 0.3) is 0 Å². The third-order valence-electron chi connectivity index (χ3n) is 2.43. The number of nitrogen functional groups attached to an aromatic ring is 1. The first-order chi connectivity index (χ1) is 8.87. The molecule has 3 N–H and O–H groups in total. The number of fused-ring (bicyclic) bond motifs is 1. The summed E-state index contributed by atoms with van der Waals surface area (Å²) in [4.78, 5) is 21.0. The van der Waals surface area contributed by atoms with Crippen LogP contribution in [0.3, 0.4) is 0 Å². The molecular weight excluding hydrogens is 268 g/mol. The van der Waals surface area contributed by atoms with Crippen LogP contribution in [0.4, 0.5) is 5.82 Å². The molecule has 2 aromatic rings. The van der Waals surface area contributed by atoms with E-state index in [-0.39, 0.29) is 6.10 Å². The summed E-state index contributed by atoms with van der Waals surface area (Å²) in [6.07, 6.45) is 2.20. The molecule has 3 radical (unpaired) electrons. The van der Waals surface area contributed by atoms with E-state index in [1.54, 1.807) is 17.8 Å². The molecule has 101 valence electrons. The van der Waals surface area contributed by atoms with Gasteiger partial charge in [0.2, 0.25) is 0 Å². The number of rotatable bonds is 5. The van der Waals surface area contributed by atoms with Crippen LogP contribution in [0.15, 0.2) is 12.7 Å². The Labute approximate surface area is 110 Å². The van der Waals surface area contributed by atoms with Crippen molar-refractivity contribution in [3.8, 4) is 0 Å². The van der Waals surface area contributed by atoms with E-state index in [0.717, 1.165) is 0 Å². The van der Waals surface area contributed by atoms with Gasteiger partial charge in [-0.25, -0.2) is 15.0 Å². The number of imidazole rings is 1. The fraction of sp³-hybridized carbons (Fsp3) is 0.444. The van der Waals surface area contributed by atoms with Gasteiger partial charge in [-0.1, -0.05) is 0 Å². The highest BCUT2D eigenvalue weighted by molar-refractivity contribution is 7.82. The molecule has 2 aromatic heterocycles. The molecule has 0 aromatic carbocycles. The van der Waals surface area contributed by atoms with Gasteiger partial charge in [0.1, 0.15) is 11.8 Å². The lowest BCUT2D eigenvalue weighted by molar-refractivity contribution is 0.0839. The third-order valence-corrected chi connectivity index (χ3v) is 2.95. The van der Waals surface area contributed by atoms with Crippen LogP contribution in [0.2, 0.25) is 0 Å². The first-order valence-electron chi connectivity index (χ1n) is 5.50. The maximum Gasteiger partial charge on any atom is 0.165 e. The second-order valence-electron chi connectivity index (χ2n) is 4.19. The number of aromatic nitrogens is 4. The zero-order chi connectivity index (χ0) is 14.0. The molecule has 0 fully saturated rings. The Hall–Kier alpha value is -1.44. The van der Waals surface area contributed by atoms with Crippen LogP contribution >= 0.6 is 7.25 Å². The van der Waals surface area contributed by atoms with Crippen LogP contribution in [-0.2, 0) is 15.8 Å². The van der Waals surface area contributed by atoms with Crippen molar-refractivity contribution >= 4 is 31.8 Å². The minimum absolute atomic E-state index is 0.305. The predicted octanol–water partition coefficient (Wildman–Crippen LogP) is 0.125. The first-order valence-corrected chi connectivity index (χ1v) is 7.41. The van der Waals surface area contributed by atoms with Gasteiger partial charge in [0.15, 0.2) is 11.5 Å². The zero-order valence-corrected chi connectivity index (χ0v) is 11.2. The van der Waals surface area contributed by atoms with Crippen LogP contribution in [0.1, 0.15) is 6.92 Å². The molecule has 0 bridgehead atoms. The van der Waals surface area contributed by atoms with Gasteiger partial charge in [-0.05, 0) is 14.2 Å². The molecule has 2 atom stereocenters. The molecule has 19 heavy (non-hydrogen) atoms. The smallest absolute Gasteiger partial charge is 0.165 e. The maximum atomic E-state index is 10.9. The summed E-state index contributed by atoms with van der Waals surface area (Å²) < 4.78 is 17.9. The fourth-order valence-corrected chi connectivity index (χ4v) is 2.06. The van der Waals surface area contributed by atoms with E-state index in [4.69, 9.17) is 22.9 Å². The molecule has 2 rings (SSSR count). The zero-order valence-electron chi connectivity index (χ0n) is 10.3. The van der Waals surface area contributed by atoms with E-state index in [9.17, 15) is 4.57 Å².